The second-order valence-electron chi connectivity index (χ2n) is 8.29. The molecule has 0 spiro atoms. The Balaban J connectivity index is 2.17. The molecule has 1 fully saturated rings. The Hall–Kier alpha value is -3.87. The number of benzene rings is 1. The van der Waals surface area contributed by atoms with Crippen molar-refractivity contribution >= 4 is 23.2 Å². The molecule has 184 valence electrons. The molecule has 0 bridgehead atoms. The minimum absolute atomic E-state index is 0.0543. The van der Waals surface area contributed by atoms with E-state index in [9.17, 15) is 18.0 Å². The first-order valence-corrected chi connectivity index (χ1v) is 11.3. The predicted molar refractivity (Wildman–Crippen MR) is 126 cm³/mol. The summed E-state index contributed by atoms with van der Waals surface area (Å²) in [6, 6.07) is 6.91. The van der Waals surface area contributed by atoms with E-state index in [-0.39, 0.29) is 29.7 Å². The van der Waals surface area contributed by atoms with E-state index in [1.165, 1.54) is 4.90 Å². The van der Waals surface area contributed by atoms with Crippen LogP contribution in [0.25, 0.3) is 5.57 Å². The van der Waals surface area contributed by atoms with Gasteiger partial charge in [0.05, 0.1) is 5.56 Å². The largest absolute Gasteiger partial charge is 0.481 e. The summed E-state index contributed by atoms with van der Waals surface area (Å²) in [6.07, 6.45) is 5.69. The number of halogens is 3. The van der Waals surface area contributed by atoms with Crippen molar-refractivity contribution < 1.29 is 23.1 Å². The van der Waals surface area contributed by atoms with Gasteiger partial charge in [0.2, 0.25) is 12.2 Å². The van der Waals surface area contributed by atoms with Crippen molar-refractivity contribution in [3.05, 3.63) is 65.5 Å². The third-order valence-electron chi connectivity index (χ3n) is 5.85. The lowest BCUT2D eigenvalue weighted by Crippen LogP contribution is -2.44. The highest BCUT2D eigenvalue weighted by Crippen LogP contribution is 2.38. The number of aliphatic imine (C=N–C) groups is 1. The number of aromatic nitrogens is 1. The van der Waals surface area contributed by atoms with E-state index in [0.29, 0.717) is 36.8 Å². The van der Waals surface area contributed by atoms with Gasteiger partial charge >= 0.3 is 12.1 Å². The van der Waals surface area contributed by atoms with Gasteiger partial charge in [-0.3, -0.25) is 9.78 Å². The minimum Gasteiger partial charge on any atom is -0.481 e. The van der Waals surface area contributed by atoms with E-state index >= 15 is 0 Å². The van der Waals surface area contributed by atoms with Gasteiger partial charge in [-0.05, 0) is 61.1 Å². The zero-order valence-corrected chi connectivity index (χ0v) is 19.0. The minimum atomic E-state index is -4.63. The summed E-state index contributed by atoms with van der Waals surface area (Å²) in [5.74, 6) is -1.10. The van der Waals surface area contributed by atoms with Gasteiger partial charge in [-0.15, -0.1) is 4.99 Å². The van der Waals surface area contributed by atoms with Crippen LogP contribution in [0.15, 0.2) is 53.8 Å². The number of anilines is 1. The van der Waals surface area contributed by atoms with E-state index in [1.54, 1.807) is 42.9 Å². The molecule has 1 aliphatic carbocycles. The standard InChI is InChI=1S/C25H26F3N5O2/c26-25(27,28)19-12-18(22(9-3-4-10-23(34)35)17-6-5-11-31-15-17)13-21(14-19)33(24(30)32-16-29)20-7-1-2-8-20/h5-6,9,11-15,20H,1-4,7-8,10H2,(H2,30,32)(H,34,35)/b22-9-. The van der Waals surface area contributed by atoms with Crippen LogP contribution < -0.4 is 10.6 Å². The zero-order chi connectivity index (χ0) is 25.4. The van der Waals surface area contributed by atoms with Crippen LogP contribution in [0.5, 0.6) is 0 Å². The Morgan fingerprint density at radius 1 is 1.29 bits per heavy atom. The number of rotatable bonds is 8. The first-order valence-electron chi connectivity index (χ1n) is 11.3. The number of carbonyl (C=O) groups is 1. The molecule has 2 aromatic rings. The fraction of sp³-hybridized carbons (Fsp3) is 0.360. The van der Waals surface area contributed by atoms with Gasteiger partial charge in [-0.1, -0.05) is 25.0 Å². The molecule has 1 heterocycles. The Bertz CT molecular complexity index is 1130. The van der Waals surface area contributed by atoms with Crippen LogP contribution in [0.2, 0.25) is 0 Å². The second kappa shape index (κ2) is 11.5. The maximum atomic E-state index is 14.0. The molecule has 1 aliphatic rings. The van der Waals surface area contributed by atoms with Gasteiger partial charge in [-0.2, -0.15) is 18.4 Å². The first kappa shape index (κ1) is 25.7. The number of unbranched alkanes of at least 4 members (excludes halogenated alkanes) is 1. The average molecular weight is 486 g/mol. The fourth-order valence-electron chi connectivity index (χ4n) is 4.29. The number of alkyl halides is 3. The average Bonchev–Trinajstić information content (AvgIpc) is 3.33. The SMILES string of the molecule is N#CN=C(N)N(c1cc(/C(=C\CCCC(=O)O)c2cccnc2)cc(C(F)(F)F)c1)C1CCCC1. The van der Waals surface area contributed by atoms with Crippen molar-refractivity contribution in [1.29, 1.82) is 5.26 Å². The van der Waals surface area contributed by atoms with Crippen LogP contribution in [-0.4, -0.2) is 28.1 Å². The summed E-state index contributed by atoms with van der Waals surface area (Å²) in [5, 5.41) is 18.0. The van der Waals surface area contributed by atoms with Gasteiger partial charge in [-0.25, -0.2) is 0 Å². The lowest BCUT2D eigenvalue weighted by atomic mass is 9.94. The normalized spacial score (nSPS) is 15.1. The highest BCUT2D eigenvalue weighted by atomic mass is 19.4. The maximum Gasteiger partial charge on any atom is 0.416 e. The topological polar surface area (TPSA) is 116 Å². The first-order chi connectivity index (χ1) is 16.7. The van der Waals surface area contributed by atoms with Crippen LogP contribution in [0.1, 0.15) is 61.6 Å². The smallest absolute Gasteiger partial charge is 0.416 e. The second-order valence-corrected chi connectivity index (χ2v) is 8.29. The van der Waals surface area contributed by atoms with Crippen LogP contribution >= 0.6 is 0 Å². The number of carboxylic acids is 1. The number of nitrogens with two attached hydrogens (primary N) is 1. The molecule has 7 nitrogen and oxygen atoms in total. The Labute approximate surface area is 201 Å². The number of hydrogen-bond donors (Lipinski definition) is 2. The lowest BCUT2D eigenvalue weighted by Gasteiger charge is -2.30. The van der Waals surface area contributed by atoms with Gasteiger partial charge in [0.1, 0.15) is 0 Å². The van der Waals surface area contributed by atoms with Crippen molar-refractivity contribution in [1.82, 2.24) is 4.98 Å². The highest BCUT2D eigenvalue weighted by molar-refractivity contribution is 5.97. The molecular weight excluding hydrogens is 459 g/mol. The van der Waals surface area contributed by atoms with Crippen molar-refractivity contribution in [2.75, 3.05) is 4.90 Å². The van der Waals surface area contributed by atoms with Gasteiger partial charge < -0.3 is 15.7 Å². The van der Waals surface area contributed by atoms with Gasteiger partial charge in [0.15, 0.2) is 0 Å². The van der Waals surface area contributed by atoms with Crippen LogP contribution in [-0.2, 0) is 11.0 Å². The predicted octanol–water partition coefficient (Wildman–Crippen LogP) is 5.33. The number of pyridine rings is 1. The molecule has 1 aromatic carbocycles. The Morgan fingerprint density at radius 3 is 2.63 bits per heavy atom. The number of nitriles is 1. The number of aliphatic carboxylic acids is 1. The van der Waals surface area contributed by atoms with E-state index in [2.05, 4.69) is 9.98 Å². The number of allylic oxidation sites excluding steroid dienone is 1. The summed E-state index contributed by atoms with van der Waals surface area (Å²) in [5.41, 5.74) is 6.76. The van der Waals surface area contributed by atoms with Gasteiger partial charge in [0, 0.05) is 36.1 Å². The summed E-state index contributed by atoms with van der Waals surface area (Å²) < 4.78 is 41.9. The van der Waals surface area contributed by atoms with Crippen molar-refractivity contribution in [3.63, 3.8) is 0 Å². The number of guanidine groups is 1. The molecule has 1 saturated carbocycles. The molecule has 10 heteroatoms. The summed E-state index contributed by atoms with van der Waals surface area (Å²) in [4.78, 5) is 20.1. The summed E-state index contributed by atoms with van der Waals surface area (Å²) in [7, 11) is 0. The van der Waals surface area contributed by atoms with E-state index in [4.69, 9.17) is 16.1 Å². The van der Waals surface area contributed by atoms with Crippen molar-refractivity contribution in [3.8, 4) is 6.19 Å². The third-order valence-corrected chi connectivity index (χ3v) is 5.85. The molecule has 0 saturated heterocycles. The third kappa shape index (κ3) is 6.82. The molecule has 3 rings (SSSR count). The monoisotopic (exact) mass is 485 g/mol. The van der Waals surface area contributed by atoms with Crippen molar-refractivity contribution in [2.24, 2.45) is 10.7 Å². The molecular formula is C25H26F3N5O2. The number of carboxylic acid groups (broad SMARTS) is 1. The molecule has 0 atom stereocenters. The summed E-state index contributed by atoms with van der Waals surface area (Å²) in [6.45, 7) is 0. The maximum absolute atomic E-state index is 14.0. The molecule has 3 N–H and O–H groups in total. The highest BCUT2D eigenvalue weighted by Gasteiger charge is 2.34. The van der Waals surface area contributed by atoms with Crippen LogP contribution in [0.3, 0.4) is 0 Å². The molecule has 0 aliphatic heterocycles. The lowest BCUT2D eigenvalue weighted by molar-refractivity contribution is -0.138. The Kier molecular flexibility index (Phi) is 8.47. The molecule has 35 heavy (non-hydrogen) atoms. The fourth-order valence-corrected chi connectivity index (χ4v) is 4.29. The molecule has 0 amide bonds. The Morgan fingerprint density at radius 2 is 2.03 bits per heavy atom. The number of hydrogen-bond acceptors (Lipinski definition) is 4. The quantitative estimate of drug-likeness (QED) is 0.226. The molecule has 1 aromatic heterocycles. The van der Waals surface area contributed by atoms with E-state index < -0.39 is 17.7 Å². The van der Waals surface area contributed by atoms with E-state index in [1.807, 2.05) is 0 Å². The molecule has 0 unspecified atom stereocenters. The number of nitrogens with zero attached hydrogens (tertiary/aromatic N) is 4. The van der Waals surface area contributed by atoms with Crippen LogP contribution in [0.4, 0.5) is 18.9 Å². The van der Waals surface area contributed by atoms with Crippen LogP contribution in [0, 0.1) is 11.5 Å². The zero-order valence-electron chi connectivity index (χ0n) is 19.0. The van der Waals surface area contributed by atoms with E-state index in [0.717, 1.165) is 25.0 Å². The van der Waals surface area contributed by atoms with Gasteiger partial charge in [0.25, 0.3) is 0 Å². The molecule has 0 radical (unpaired) electrons. The van der Waals surface area contributed by atoms with Crippen molar-refractivity contribution in [2.45, 2.75) is 57.2 Å². The summed E-state index contributed by atoms with van der Waals surface area (Å²) >= 11 is 0.